The molecule has 0 heterocycles. The molecule has 0 fully saturated rings. The van der Waals surface area contributed by atoms with E-state index in [-0.39, 0.29) is 40.2 Å². The number of nitrogens with two attached hydrogens (primary N) is 1. The second-order valence-electron chi connectivity index (χ2n) is 7.03. The molecule has 9 heteroatoms. The molecule has 7 nitrogen and oxygen atoms in total. The Morgan fingerprint density at radius 1 is 1.25 bits per heavy atom. The number of carbonyl (C=O) groups excluding carboxylic acids is 1. The third kappa shape index (κ3) is 6.09. The van der Waals surface area contributed by atoms with Gasteiger partial charge < -0.3 is 15.4 Å². The van der Waals surface area contributed by atoms with Crippen molar-refractivity contribution in [3.63, 3.8) is 0 Å². The van der Waals surface area contributed by atoms with E-state index in [2.05, 4.69) is 0 Å². The summed E-state index contributed by atoms with van der Waals surface area (Å²) in [5.41, 5.74) is 5.80. The van der Waals surface area contributed by atoms with Crippen molar-refractivity contribution in [2.75, 3.05) is 20.1 Å². The monoisotopic (exact) mass is 427 g/mol. The molecule has 0 radical (unpaired) electrons. The average molecular weight is 428 g/mol. The molecule has 2 aromatic rings. The van der Waals surface area contributed by atoms with Crippen molar-refractivity contribution in [3.05, 3.63) is 63.2 Å². The normalized spacial score (nSPS) is 10.8. The summed E-state index contributed by atoms with van der Waals surface area (Å²) in [6.07, 6.45) is 0. The summed E-state index contributed by atoms with van der Waals surface area (Å²) < 4.78 is 5.58. The number of amides is 1. The van der Waals surface area contributed by atoms with Gasteiger partial charge in [0.05, 0.1) is 4.92 Å². The minimum absolute atomic E-state index is 0. The largest absolute Gasteiger partial charge is 0.450 e. The summed E-state index contributed by atoms with van der Waals surface area (Å²) in [7, 11) is 1.72. The summed E-state index contributed by atoms with van der Waals surface area (Å²) in [6, 6.07) is 10.6. The van der Waals surface area contributed by atoms with Gasteiger partial charge in [-0.05, 0) is 48.4 Å². The first-order valence-corrected chi connectivity index (χ1v) is 8.68. The van der Waals surface area contributed by atoms with Crippen molar-refractivity contribution in [3.8, 4) is 11.5 Å². The Morgan fingerprint density at radius 2 is 1.86 bits per heavy atom. The maximum atomic E-state index is 12.5. The van der Waals surface area contributed by atoms with E-state index in [9.17, 15) is 14.9 Å². The SMILES string of the molecule is CN(CC(C)(C)CN)C(=O)c1ccc(Oc2ccc(Cl)cc2[N+](=O)[O-])cc1.Cl. The lowest BCUT2D eigenvalue weighted by Gasteiger charge is -2.29. The smallest absolute Gasteiger partial charge is 0.313 e. The van der Waals surface area contributed by atoms with E-state index in [1.54, 1.807) is 36.2 Å². The maximum Gasteiger partial charge on any atom is 0.313 e. The van der Waals surface area contributed by atoms with Crippen LogP contribution in [0.2, 0.25) is 5.02 Å². The van der Waals surface area contributed by atoms with E-state index >= 15 is 0 Å². The molecule has 0 aliphatic carbocycles. The van der Waals surface area contributed by atoms with Crippen molar-refractivity contribution in [2.45, 2.75) is 13.8 Å². The van der Waals surface area contributed by atoms with Crippen LogP contribution in [0.3, 0.4) is 0 Å². The van der Waals surface area contributed by atoms with E-state index in [1.165, 1.54) is 18.2 Å². The molecule has 0 unspecified atom stereocenters. The number of benzene rings is 2. The van der Waals surface area contributed by atoms with Gasteiger partial charge in [-0.25, -0.2) is 0 Å². The van der Waals surface area contributed by atoms with Gasteiger partial charge in [0.1, 0.15) is 5.75 Å². The minimum atomic E-state index is -0.562. The number of carbonyl (C=O) groups is 1. The zero-order chi connectivity index (χ0) is 20.2. The topological polar surface area (TPSA) is 98.7 Å². The summed E-state index contributed by atoms with van der Waals surface area (Å²) >= 11 is 5.80. The van der Waals surface area contributed by atoms with Crippen molar-refractivity contribution >= 4 is 35.6 Å². The zero-order valence-corrected chi connectivity index (χ0v) is 17.4. The highest BCUT2D eigenvalue weighted by Gasteiger charge is 2.22. The molecule has 0 bridgehead atoms. The van der Waals surface area contributed by atoms with Crippen molar-refractivity contribution in [1.82, 2.24) is 4.90 Å². The predicted octanol–water partition coefficient (Wildman–Crippen LogP) is 4.52. The standard InChI is InChI=1S/C19H22ClN3O4.ClH/c1-19(2,11-21)12-22(3)18(24)13-4-7-15(8-5-13)27-17-9-6-14(20)10-16(17)23(25)26;/h4-10H,11-12,21H2,1-3H3;1H. The van der Waals surface area contributed by atoms with Crippen molar-refractivity contribution in [1.29, 1.82) is 0 Å². The third-order valence-electron chi connectivity index (χ3n) is 4.01. The van der Waals surface area contributed by atoms with E-state index in [0.717, 1.165) is 0 Å². The number of nitro benzene ring substituents is 1. The molecular formula is C19H23Cl2N3O4. The number of ether oxygens (including phenoxy) is 1. The molecule has 0 aliphatic heterocycles. The molecule has 0 aromatic heterocycles. The summed E-state index contributed by atoms with van der Waals surface area (Å²) in [6.45, 7) is 4.98. The first-order valence-electron chi connectivity index (χ1n) is 8.30. The summed E-state index contributed by atoms with van der Waals surface area (Å²) in [4.78, 5) is 24.7. The molecule has 28 heavy (non-hydrogen) atoms. The lowest BCUT2D eigenvalue weighted by Crippen LogP contribution is -2.39. The van der Waals surface area contributed by atoms with Gasteiger partial charge in [0.2, 0.25) is 5.75 Å². The van der Waals surface area contributed by atoms with Gasteiger partial charge in [-0.1, -0.05) is 25.4 Å². The van der Waals surface area contributed by atoms with Gasteiger partial charge in [0, 0.05) is 30.2 Å². The van der Waals surface area contributed by atoms with Gasteiger partial charge in [0.25, 0.3) is 5.91 Å². The Bertz CT molecular complexity index is 842. The highest BCUT2D eigenvalue weighted by atomic mass is 35.5. The number of halogens is 2. The number of hydrogen-bond acceptors (Lipinski definition) is 5. The van der Waals surface area contributed by atoms with Gasteiger partial charge in [0.15, 0.2) is 0 Å². The van der Waals surface area contributed by atoms with Crippen LogP contribution < -0.4 is 10.5 Å². The Balaban J connectivity index is 0.00000392. The van der Waals surface area contributed by atoms with Gasteiger partial charge in [-0.15, -0.1) is 12.4 Å². The van der Waals surface area contributed by atoms with Crippen molar-refractivity contribution in [2.24, 2.45) is 11.1 Å². The van der Waals surface area contributed by atoms with Crippen LogP contribution in [0, 0.1) is 15.5 Å². The second-order valence-corrected chi connectivity index (χ2v) is 7.46. The van der Waals surface area contributed by atoms with Crippen LogP contribution in [-0.2, 0) is 0 Å². The number of hydrogen-bond donors (Lipinski definition) is 1. The van der Waals surface area contributed by atoms with Gasteiger partial charge in [-0.2, -0.15) is 0 Å². The molecule has 2 rings (SSSR count). The van der Waals surface area contributed by atoms with Crippen LogP contribution in [0.25, 0.3) is 0 Å². The number of nitro groups is 1. The fraction of sp³-hybridized carbons (Fsp3) is 0.316. The van der Waals surface area contributed by atoms with Crippen LogP contribution in [0.5, 0.6) is 11.5 Å². The van der Waals surface area contributed by atoms with E-state index in [1.807, 2.05) is 13.8 Å². The molecule has 0 aliphatic rings. The van der Waals surface area contributed by atoms with Crippen LogP contribution in [-0.4, -0.2) is 35.9 Å². The third-order valence-corrected chi connectivity index (χ3v) is 4.25. The molecule has 0 saturated heterocycles. The Kier molecular flexibility index (Phi) is 8.23. The van der Waals surface area contributed by atoms with Crippen LogP contribution in [0.1, 0.15) is 24.2 Å². The molecular weight excluding hydrogens is 405 g/mol. The fourth-order valence-electron chi connectivity index (χ4n) is 2.51. The van der Waals surface area contributed by atoms with Crippen LogP contribution in [0.15, 0.2) is 42.5 Å². The molecule has 2 aromatic carbocycles. The molecule has 1 amide bonds. The number of nitrogens with zero attached hydrogens (tertiary/aromatic N) is 2. The molecule has 2 N–H and O–H groups in total. The highest BCUT2D eigenvalue weighted by Crippen LogP contribution is 2.33. The molecule has 0 spiro atoms. The summed E-state index contributed by atoms with van der Waals surface area (Å²) in [5.74, 6) is 0.313. The Labute approximate surface area is 175 Å². The molecule has 0 saturated carbocycles. The first kappa shape index (κ1) is 23.7. The Morgan fingerprint density at radius 3 is 2.39 bits per heavy atom. The lowest BCUT2D eigenvalue weighted by molar-refractivity contribution is -0.385. The van der Waals surface area contributed by atoms with Crippen LogP contribution in [0.4, 0.5) is 5.69 Å². The molecule has 152 valence electrons. The minimum Gasteiger partial charge on any atom is -0.450 e. The van der Waals surface area contributed by atoms with Gasteiger partial charge in [-0.3, -0.25) is 14.9 Å². The van der Waals surface area contributed by atoms with Crippen LogP contribution >= 0.6 is 24.0 Å². The quantitative estimate of drug-likeness (QED) is 0.517. The second kappa shape index (κ2) is 9.73. The van der Waals surface area contributed by atoms with E-state index in [4.69, 9.17) is 22.1 Å². The maximum absolute atomic E-state index is 12.5. The van der Waals surface area contributed by atoms with E-state index < -0.39 is 4.92 Å². The fourth-order valence-corrected chi connectivity index (χ4v) is 2.68. The Hall–Kier alpha value is -2.35. The number of rotatable bonds is 7. The van der Waals surface area contributed by atoms with Gasteiger partial charge >= 0.3 is 5.69 Å². The highest BCUT2D eigenvalue weighted by molar-refractivity contribution is 6.30. The molecule has 0 atom stereocenters. The first-order chi connectivity index (χ1) is 12.6. The zero-order valence-electron chi connectivity index (χ0n) is 15.8. The van der Waals surface area contributed by atoms with Crippen molar-refractivity contribution < 1.29 is 14.5 Å². The lowest BCUT2D eigenvalue weighted by atomic mass is 9.93. The van der Waals surface area contributed by atoms with E-state index in [0.29, 0.717) is 24.4 Å². The predicted molar refractivity (Wildman–Crippen MR) is 112 cm³/mol. The average Bonchev–Trinajstić information content (AvgIpc) is 2.62. The summed E-state index contributed by atoms with van der Waals surface area (Å²) in [5, 5.41) is 11.4.